The normalized spacial score (nSPS) is 14.6. The zero-order valence-electron chi connectivity index (χ0n) is 18.4. The highest BCUT2D eigenvalue weighted by molar-refractivity contribution is 7.17. The van der Waals surface area contributed by atoms with Gasteiger partial charge in [0.05, 0.1) is 10.2 Å². The first kappa shape index (κ1) is 21.6. The van der Waals surface area contributed by atoms with Crippen molar-refractivity contribution in [3.63, 3.8) is 0 Å². The van der Waals surface area contributed by atoms with Crippen LogP contribution in [-0.2, 0) is 11.3 Å². The van der Waals surface area contributed by atoms with Crippen molar-refractivity contribution in [2.75, 3.05) is 18.0 Å². The van der Waals surface area contributed by atoms with Crippen LogP contribution in [0.5, 0.6) is 0 Å². The summed E-state index contributed by atoms with van der Waals surface area (Å²) in [6.07, 6.45) is 6.20. The zero-order valence-corrected chi connectivity index (χ0v) is 19.2. The Bertz CT molecular complexity index is 1060. The van der Waals surface area contributed by atoms with Crippen molar-refractivity contribution in [3.8, 4) is 0 Å². The van der Waals surface area contributed by atoms with Crippen LogP contribution in [0.4, 0.5) is 5.69 Å². The third-order valence-electron chi connectivity index (χ3n) is 6.26. The molecule has 1 N–H and O–H groups in total. The van der Waals surface area contributed by atoms with Crippen LogP contribution < -0.4 is 10.2 Å². The lowest BCUT2D eigenvalue weighted by atomic mass is 9.89. The first-order chi connectivity index (χ1) is 15.1. The number of rotatable bonds is 7. The van der Waals surface area contributed by atoms with E-state index in [1.54, 1.807) is 16.2 Å². The number of nitrogens with one attached hydrogen (secondary N) is 1. The van der Waals surface area contributed by atoms with Crippen molar-refractivity contribution in [1.82, 2.24) is 9.88 Å². The molecule has 1 fully saturated rings. The molecule has 0 aliphatic heterocycles. The van der Waals surface area contributed by atoms with Gasteiger partial charge >= 0.3 is 0 Å². The molecule has 0 unspecified atom stereocenters. The van der Waals surface area contributed by atoms with Gasteiger partial charge in [0.1, 0.15) is 12.2 Å². The predicted octanol–water partition coefficient (Wildman–Crippen LogP) is 5.37. The van der Waals surface area contributed by atoms with E-state index in [2.05, 4.69) is 5.32 Å². The van der Waals surface area contributed by atoms with Gasteiger partial charge in [0.25, 0.3) is 5.91 Å². The molecule has 1 saturated carbocycles. The average Bonchev–Trinajstić information content (AvgIpc) is 3.36. The summed E-state index contributed by atoms with van der Waals surface area (Å²) >= 11 is 1.60. The van der Waals surface area contributed by atoms with Crippen molar-refractivity contribution in [2.24, 2.45) is 5.92 Å². The largest absolute Gasteiger partial charge is 0.350 e. The molecule has 1 aromatic carbocycles. The fourth-order valence-corrected chi connectivity index (χ4v) is 5.40. The fourth-order valence-electron chi connectivity index (χ4n) is 4.57. The van der Waals surface area contributed by atoms with E-state index in [1.807, 2.05) is 60.2 Å². The summed E-state index contributed by atoms with van der Waals surface area (Å²) in [6.45, 7) is 5.45. The Morgan fingerprint density at radius 1 is 1.16 bits per heavy atom. The Balaban J connectivity index is 1.54. The van der Waals surface area contributed by atoms with Crippen LogP contribution in [0.25, 0.3) is 10.2 Å². The Morgan fingerprint density at radius 3 is 2.71 bits per heavy atom. The van der Waals surface area contributed by atoms with Gasteiger partial charge < -0.3 is 14.8 Å². The first-order valence-electron chi connectivity index (χ1n) is 11.3. The molecule has 0 atom stereocenters. The van der Waals surface area contributed by atoms with Crippen LogP contribution >= 0.6 is 11.3 Å². The molecular weight excluding hydrogens is 406 g/mol. The molecule has 2 heterocycles. The van der Waals surface area contributed by atoms with Gasteiger partial charge in [0.15, 0.2) is 0 Å². The quantitative estimate of drug-likeness (QED) is 0.540. The lowest BCUT2D eigenvalue weighted by Crippen LogP contribution is -2.36. The van der Waals surface area contributed by atoms with Crippen molar-refractivity contribution in [3.05, 3.63) is 53.0 Å². The molecule has 1 aliphatic carbocycles. The summed E-state index contributed by atoms with van der Waals surface area (Å²) in [6, 6.07) is 11.9. The molecule has 31 heavy (non-hydrogen) atoms. The number of carbonyl (C=O) groups is 2. The van der Waals surface area contributed by atoms with Crippen molar-refractivity contribution in [2.45, 2.75) is 52.5 Å². The summed E-state index contributed by atoms with van der Waals surface area (Å²) in [5.74, 6) is 0.472. The van der Waals surface area contributed by atoms with E-state index in [9.17, 15) is 9.59 Å². The summed E-state index contributed by atoms with van der Waals surface area (Å²) in [7, 11) is 0. The third-order valence-corrected chi connectivity index (χ3v) is 7.11. The number of hydrogen-bond donors (Lipinski definition) is 1. The topological polar surface area (TPSA) is 54.3 Å². The Labute approximate surface area is 188 Å². The monoisotopic (exact) mass is 437 g/mol. The van der Waals surface area contributed by atoms with Crippen molar-refractivity contribution < 1.29 is 9.59 Å². The van der Waals surface area contributed by atoms with Crippen LogP contribution in [0.15, 0.2) is 41.8 Å². The number of fused-ring (bicyclic) bond motifs is 1. The fraction of sp³-hybridized carbons (Fsp3) is 0.440. The summed E-state index contributed by atoms with van der Waals surface area (Å²) in [5.41, 5.74) is 3.53. The molecule has 2 aromatic heterocycles. The number of hydrogen-bond acceptors (Lipinski definition) is 3. The minimum absolute atomic E-state index is 0.0156. The molecule has 0 bridgehead atoms. The van der Waals surface area contributed by atoms with Crippen LogP contribution in [0.2, 0.25) is 0 Å². The lowest BCUT2D eigenvalue weighted by molar-refractivity contribution is -0.119. The molecular formula is C25H31N3O2S. The van der Waals surface area contributed by atoms with Crippen LogP contribution in [0, 0.1) is 12.8 Å². The van der Waals surface area contributed by atoms with E-state index >= 15 is 0 Å². The number of benzene rings is 1. The zero-order chi connectivity index (χ0) is 21.8. The number of anilines is 1. The van der Waals surface area contributed by atoms with E-state index in [4.69, 9.17) is 0 Å². The highest BCUT2D eigenvalue weighted by Gasteiger charge is 2.22. The maximum Gasteiger partial charge on any atom is 0.267 e. The molecule has 2 amide bonds. The molecule has 5 nitrogen and oxygen atoms in total. The second-order valence-electron chi connectivity index (χ2n) is 8.48. The standard InChI is InChI=1S/C25H31N3O2S/c1-3-27(20-11-7-8-18(2)14-20)24(29)17-28-21-12-13-31-23(21)15-22(28)25(30)26-16-19-9-5-4-6-10-19/h7-8,11-15,19H,3-6,9-10,16-17H2,1-2H3,(H,26,30). The second kappa shape index (κ2) is 9.69. The van der Waals surface area contributed by atoms with Gasteiger partial charge in [0, 0.05) is 18.8 Å². The van der Waals surface area contributed by atoms with Gasteiger partial charge in [-0.2, -0.15) is 0 Å². The van der Waals surface area contributed by atoms with E-state index in [-0.39, 0.29) is 18.4 Å². The number of thiophene rings is 1. The molecule has 0 saturated heterocycles. The molecule has 0 radical (unpaired) electrons. The van der Waals surface area contributed by atoms with Crippen molar-refractivity contribution in [1.29, 1.82) is 0 Å². The second-order valence-corrected chi connectivity index (χ2v) is 9.42. The van der Waals surface area contributed by atoms with Crippen molar-refractivity contribution >= 4 is 39.1 Å². The SMILES string of the molecule is CCN(C(=O)Cn1c(C(=O)NCC2CCCCC2)cc2sccc21)c1cccc(C)c1. The van der Waals surface area contributed by atoms with Crippen LogP contribution in [0.1, 0.15) is 55.1 Å². The summed E-state index contributed by atoms with van der Waals surface area (Å²) < 4.78 is 2.91. The van der Waals surface area contributed by atoms with Gasteiger partial charge in [-0.15, -0.1) is 11.3 Å². The van der Waals surface area contributed by atoms with E-state index in [0.29, 0.717) is 18.2 Å². The lowest BCUT2D eigenvalue weighted by Gasteiger charge is -2.23. The van der Waals surface area contributed by atoms with E-state index in [0.717, 1.165) is 28.0 Å². The molecule has 6 heteroatoms. The minimum Gasteiger partial charge on any atom is -0.350 e. The number of amides is 2. The number of aromatic nitrogens is 1. The third kappa shape index (κ3) is 4.85. The van der Waals surface area contributed by atoms with E-state index in [1.165, 1.54) is 32.1 Å². The Hall–Kier alpha value is -2.60. The average molecular weight is 438 g/mol. The first-order valence-corrected chi connectivity index (χ1v) is 12.2. The number of carbonyl (C=O) groups excluding carboxylic acids is 2. The van der Waals surface area contributed by atoms with Gasteiger partial charge in [-0.3, -0.25) is 9.59 Å². The highest BCUT2D eigenvalue weighted by Crippen LogP contribution is 2.27. The number of aryl methyl sites for hydroxylation is 1. The molecule has 3 aromatic rings. The van der Waals surface area contributed by atoms with Gasteiger partial charge in [-0.05, 0) is 67.8 Å². The Kier molecular flexibility index (Phi) is 6.76. The maximum atomic E-state index is 13.3. The summed E-state index contributed by atoms with van der Waals surface area (Å²) in [5, 5.41) is 5.14. The molecule has 164 valence electrons. The van der Waals surface area contributed by atoms with Gasteiger partial charge in [0.2, 0.25) is 5.91 Å². The smallest absolute Gasteiger partial charge is 0.267 e. The highest BCUT2D eigenvalue weighted by atomic mass is 32.1. The van der Waals surface area contributed by atoms with Crippen LogP contribution in [0.3, 0.4) is 0 Å². The van der Waals surface area contributed by atoms with E-state index < -0.39 is 0 Å². The number of likely N-dealkylation sites (N-methyl/N-ethyl adjacent to an activating group) is 1. The maximum absolute atomic E-state index is 13.3. The molecule has 4 rings (SSSR count). The van der Waals surface area contributed by atoms with Gasteiger partial charge in [-0.25, -0.2) is 0 Å². The minimum atomic E-state index is -0.0830. The predicted molar refractivity (Wildman–Crippen MR) is 128 cm³/mol. The van der Waals surface area contributed by atoms with Crippen LogP contribution in [-0.4, -0.2) is 29.5 Å². The summed E-state index contributed by atoms with van der Waals surface area (Å²) in [4.78, 5) is 28.1. The Morgan fingerprint density at radius 2 is 1.97 bits per heavy atom. The number of nitrogens with zero attached hydrogens (tertiary/aromatic N) is 2. The molecule has 0 spiro atoms. The van der Waals surface area contributed by atoms with Gasteiger partial charge in [-0.1, -0.05) is 31.4 Å². The molecule has 1 aliphatic rings.